The van der Waals surface area contributed by atoms with Gasteiger partial charge in [0.1, 0.15) is 73.2 Å². The van der Waals surface area contributed by atoms with Crippen LogP contribution in [0.2, 0.25) is 0 Å². The van der Waals surface area contributed by atoms with E-state index < -0.39 is 124 Å². The van der Waals surface area contributed by atoms with Gasteiger partial charge < -0.3 is 89.9 Å². The Morgan fingerprint density at radius 3 is 1.14 bits per heavy atom. The second-order valence-corrected chi connectivity index (χ2v) is 27.5. The zero-order chi connectivity index (χ0) is 69.6. The van der Waals surface area contributed by atoms with Crippen molar-refractivity contribution < 1.29 is 89.4 Å². The van der Waals surface area contributed by atoms with E-state index in [4.69, 9.17) is 28.4 Å². The lowest BCUT2D eigenvalue weighted by molar-refractivity contribution is -0.379. The maximum atomic E-state index is 13.4. The summed E-state index contributed by atoms with van der Waals surface area (Å²) < 4.78 is 34.4. The van der Waals surface area contributed by atoms with Gasteiger partial charge in [-0.1, -0.05) is 274 Å². The normalized spacial score (nSPS) is 27.4. The Hall–Kier alpha value is -2.51. The Labute approximate surface area is 579 Å². The molecule has 12 N–H and O–H groups in total. The summed E-state index contributed by atoms with van der Waals surface area (Å²) in [5.74, 6) is -0.297. The van der Waals surface area contributed by atoms with Crippen LogP contribution in [-0.2, 0) is 33.2 Å². The molecule has 0 aromatic carbocycles. The fraction of sp³-hybridized carbons (Fsp3) is 0.857. The van der Waals surface area contributed by atoms with Crippen LogP contribution in [0.5, 0.6) is 0 Å². The average molecular weight is 1370 g/mol. The Balaban J connectivity index is 1.40. The number of ether oxygens (including phenoxy) is 6. The summed E-state index contributed by atoms with van der Waals surface area (Å²) in [6, 6.07) is -1.00. The molecule has 3 fully saturated rings. The first-order valence-electron chi connectivity index (χ1n) is 38.5. The van der Waals surface area contributed by atoms with Crippen molar-refractivity contribution in [2.45, 2.75) is 394 Å². The highest BCUT2D eigenvalue weighted by Gasteiger charge is 2.53. The number of aliphatic hydroxyl groups is 11. The zero-order valence-electron chi connectivity index (χ0n) is 59.6. The summed E-state index contributed by atoms with van der Waals surface area (Å²) in [5.41, 5.74) is 0. The smallest absolute Gasteiger partial charge is 0.220 e. The number of hydrogen-bond acceptors (Lipinski definition) is 18. The summed E-state index contributed by atoms with van der Waals surface area (Å²) >= 11 is 0. The topological polar surface area (TPSA) is 307 Å². The van der Waals surface area contributed by atoms with Gasteiger partial charge in [0.05, 0.1) is 38.6 Å². The summed E-state index contributed by atoms with van der Waals surface area (Å²) in [5, 5.41) is 121. The molecule has 3 rings (SSSR count). The number of allylic oxidation sites excluding steroid dienone is 9. The van der Waals surface area contributed by atoms with Gasteiger partial charge in [0.2, 0.25) is 5.91 Å². The number of aliphatic hydroxyl groups excluding tert-OH is 11. The maximum Gasteiger partial charge on any atom is 0.220 e. The van der Waals surface area contributed by atoms with Crippen molar-refractivity contribution in [3.05, 3.63) is 60.8 Å². The van der Waals surface area contributed by atoms with Crippen LogP contribution in [0.25, 0.3) is 0 Å². The summed E-state index contributed by atoms with van der Waals surface area (Å²) in [6.07, 6.45) is 46.4. The van der Waals surface area contributed by atoms with Crippen LogP contribution in [0, 0.1) is 0 Å². The lowest BCUT2D eigenvalue weighted by Crippen LogP contribution is -2.66. The van der Waals surface area contributed by atoms with Crippen LogP contribution in [0.1, 0.15) is 290 Å². The number of carbonyl (C=O) groups excluding carboxylic acids is 1. The third-order valence-electron chi connectivity index (χ3n) is 19.0. The number of amides is 1. The lowest BCUT2D eigenvalue weighted by atomic mass is 9.96. The standard InChI is InChI=1S/C77H139NO18/c1-3-5-7-9-11-13-15-17-19-21-23-24-25-26-27-28-29-30-31-32-33-34-35-37-38-40-42-44-46-48-50-52-54-61(82)60(78-65(83)55-53-51-49-47-45-43-41-39-36-22-20-18-16-14-12-10-8-6-4-2)59-91-75-71(89)68(86)73(63(57-80)93-75)96-77-72(90)69(87)74(64(58-81)94-77)95-76-70(88)67(85)66(84)62(56-79)92-76/h12,14,18,20,36,39,44,46,52,54,60-64,66-77,79-82,84-90H,3-11,13,15-17,19,21-35,37-38,40-43,45,47-51,53,55-59H2,1-2H3,(H,78,83)/b14-12-,20-18-,39-36-,46-44+,54-52+. The van der Waals surface area contributed by atoms with Gasteiger partial charge in [-0.05, 0) is 70.6 Å². The first-order chi connectivity index (χ1) is 46.8. The van der Waals surface area contributed by atoms with Crippen molar-refractivity contribution in [1.29, 1.82) is 0 Å². The fourth-order valence-electron chi connectivity index (χ4n) is 12.8. The molecule has 1 amide bonds. The first kappa shape index (κ1) is 87.7. The molecule has 0 bridgehead atoms. The molecule has 0 aliphatic carbocycles. The molecule has 17 unspecified atom stereocenters. The molecule has 0 spiro atoms. The second-order valence-electron chi connectivity index (χ2n) is 27.5. The van der Waals surface area contributed by atoms with Gasteiger partial charge >= 0.3 is 0 Å². The Morgan fingerprint density at radius 2 is 0.698 bits per heavy atom. The van der Waals surface area contributed by atoms with Crippen molar-refractivity contribution in [2.24, 2.45) is 0 Å². The number of hydrogen-bond donors (Lipinski definition) is 12. The fourth-order valence-corrected chi connectivity index (χ4v) is 12.8. The minimum absolute atomic E-state index is 0.219. The highest BCUT2D eigenvalue weighted by atomic mass is 16.8. The molecular weight excluding hydrogens is 1230 g/mol. The number of unbranched alkanes of at least 4 members (excludes halogenated alkanes) is 36. The van der Waals surface area contributed by atoms with Gasteiger partial charge in [-0.2, -0.15) is 0 Å². The second kappa shape index (κ2) is 58.0. The van der Waals surface area contributed by atoms with E-state index in [2.05, 4.69) is 67.8 Å². The Bertz CT molecular complexity index is 1970. The predicted molar refractivity (Wildman–Crippen MR) is 379 cm³/mol. The molecule has 3 aliphatic rings. The van der Waals surface area contributed by atoms with E-state index in [0.29, 0.717) is 12.8 Å². The molecule has 3 saturated heterocycles. The van der Waals surface area contributed by atoms with E-state index in [0.717, 1.165) is 77.0 Å². The molecular formula is C77H139NO18. The Morgan fingerprint density at radius 1 is 0.375 bits per heavy atom. The number of carbonyl (C=O) groups is 1. The van der Waals surface area contributed by atoms with Crippen molar-refractivity contribution >= 4 is 5.91 Å². The van der Waals surface area contributed by atoms with Gasteiger partial charge in [0, 0.05) is 6.42 Å². The van der Waals surface area contributed by atoms with Crippen LogP contribution in [0.3, 0.4) is 0 Å². The molecule has 0 saturated carbocycles. The van der Waals surface area contributed by atoms with Gasteiger partial charge in [0.15, 0.2) is 18.9 Å². The highest BCUT2D eigenvalue weighted by molar-refractivity contribution is 5.76. The van der Waals surface area contributed by atoms with Crippen molar-refractivity contribution in [3.63, 3.8) is 0 Å². The largest absolute Gasteiger partial charge is 0.394 e. The predicted octanol–water partition coefficient (Wildman–Crippen LogP) is 11.9. The lowest BCUT2D eigenvalue weighted by Gasteiger charge is -2.48. The Kier molecular flexibility index (Phi) is 53.0. The van der Waals surface area contributed by atoms with Crippen LogP contribution in [0.4, 0.5) is 0 Å². The molecule has 96 heavy (non-hydrogen) atoms. The van der Waals surface area contributed by atoms with Gasteiger partial charge in [-0.3, -0.25) is 4.79 Å². The van der Waals surface area contributed by atoms with E-state index in [1.807, 2.05) is 6.08 Å². The average Bonchev–Trinajstić information content (AvgIpc) is 0.798. The molecule has 3 heterocycles. The van der Waals surface area contributed by atoms with E-state index >= 15 is 0 Å². The van der Waals surface area contributed by atoms with Gasteiger partial charge in [0.25, 0.3) is 0 Å². The van der Waals surface area contributed by atoms with Crippen molar-refractivity contribution in [3.8, 4) is 0 Å². The zero-order valence-corrected chi connectivity index (χ0v) is 59.6. The van der Waals surface area contributed by atoms with Crippen molar-refractivity contribution in [2.75, 3.05) is 26.4 Å². The van der Waals surface area contributed by atoms with E-state index in [9.17, 15) is 61.0 Å². The maximum absolute atomic E-state index is 13.4. The molecule has 0 radical (unpaired) electrons. The summed E-state index contributed by atoms with van der Waals surface area (Å²) in [4.78, 5) is 13.4. The summed E-state index contributed by atoms with van der Waals surface area (Å²) in [7, 11) is 0. The molecule has 17 atom stereocenters. The van der Waals surface area contributed by atoms with Crippen molar-refractivity contribution in [1.82, 2.24) is 5.32 Å². The molecule has 3 aliphatic heterocycles. The van der Waals surface area contributed by atoms with E-state index in [1.54, 1.807) is 6.08 Å². The van der Waals surface area contributed by atoms with Gasteiger partial charge in [-0.25, -0.2) is 0 Å². The minimum Gasteiger partial charge on any atom is -0.394 e. The van der Waals surface area contributed by atoms with Crippen LogP contribution >= 0.6 is 0 Å². The summed E-state index contributed by atoms with van der Waals surface area (Å²) in [6.45, 7) is 1.70. The van der Waals surface area contributed by atoms with E-state index in [1.165, 1.54) is 180 Å². The monoisotopic (exact) mass is 1370 g/mol. The molecule has 0 aromatic heterocycles. The molecule has 0 aromatic rings. The third kappa shape index (κ3) is 38.5. The molecule has 19 heteroatoms. The molecule has 19 nitrogen and oxygen atoms in total. The van der Waals surface area contributed by atoms with Crippen LogP contribution in [0.15, 0.2) is 60.8 Å². The molecule has 560 valence electrons. The quantitative estimate of drug-likeness (QED) is 0.0199. The minimum atomic E-state index is -1.99. The third-order valence-corrected chi connectivity index (χ3v) is 19.0. The number of rotatable bonds is 60. The SMILES string of the molecule is CCCCC/C=C\C/C=C\C/C=C\CCCCCCCCC(=O)NC(COC1OC(CO)C(OC2OC(CO)C(OC3OC(CO)C(O)C(O)C3O)C(O)C2O)C(O)C1O)C(O)/C=C/CC/C=C/CCCCCCCCCCCCCCCCCCCCCCCCCCCC. The van der Waals surface area contributed by atoms with Crippen LogP contribution < -0.4 is 5.32 Å². The first-order valence-corrected chi connectivity index (χ1v) is 38.5. The highest BCUT2D eigenvalue weighted by Crippen LogP contribution is 2.33. The number of nitrogens with one attached hydrogen (secondary N) is 1. The van der Waals surface area contributed by atoms with Crippen LogP contribution in [-0.4, -0.2) is 193 Å². The van der Waals surface area contributed by atoms with E-state index in [-0.39, 0.29) is 18.9 Å². The van der Waals surface area contributed by atoms with Gasteiger partial charge in [-0.15, -0.1) is 0 Å².